The molecule has 0 saturated carbocycles. The summed E-state index contributed by atoms with van der Waals surface area (Å²) >= 11 is 3.38. The maximum Gasteiger partial charge on any atom is 0.228 e. The van der Waals surface area contributed by atoms with Crippen molar-refractivity contribution in [3.8, 4) is 11.4 Å². The first-order valence-corrected chi connectivity index (χ1v) is 6.11. The summed E-state index contributed by atoms with van der Waals surface area (Å²) in [4.78, 5) is 4.32. The smallest absolute Gasteiger partial charge is 0.228 e. The third-order valence-electron chi connectivity index (χ3n) is 2.18. The normalized spacial score (nSPS) is 11.8. The van der Waals surface area contributed by atoms with Crippen molar-refractivity contribution >= 4 is 15.9 Å². The fourth-order valence-electron chi connectivity index (χ4n) is 1.43. The van der Waals surface area contributed by atoms with Crippen LogP contribution < -0.4 is 5.73 Å². The van der Waals surface area contributed by atoms with Gasteiger partial charge in [0.05, 0.1) is 0 Å². The first-order valence-electron chi connectivity index (χ1n) is 5.31. The molecule has 1 aromatic carbocycles. The molecule has 0 bridgehead atoms. The summed E-state index contributed by atoms with van der Waals surface area (Å²) in [6, 6.07) is 7.76. The third-order valence-corrected chi connectivity index (χ3v) is 2.71. The van der Waals surface area contributed by atoms with Crippen molar-refractivity contribution in [1.82, 2.24) is 10.1 Å². The summed E-state index contributed by atoms with van der Waals surface area (Å²) in [5.74, 6) is 1.16. The first-order chi connectivity index (χ1) is 7.94. The lowest BCUT2D eigenvalue weighted by atomic mass is 10.0. The zero-order chi connectivity index (χ0) is 12.5. The van der Waals surface area contributed by atoms with E-state index in [2.05, 4.69) is 26.1 Å². The van der Waals surface area contributed by atoms with Gasteiger partial charge in [0, 0.05) is 22.0 Å². The highest BCUT2D eigenvalue weighted by atomic mass is 79.9. The quantitative estimate of drug-likeness (QED) is 0.946. The minimum Gasteiger partial charge on any atom is -0.339 e. The molecule has 0 fully saturated rings. The zero-order valence-electron chi connectivity index (χ0n) is 9.77. The van der Waals surface area contributed by atoms with Crippen LogP contribution in [0.4, 0.5) is 0 Å². The van der Waals surface area contributed by atoms with Crippen LogP contribution in [0.2, 0.25) is 0 Å². The molecule has 1 aromatic heterocycles. The molecular weight excluding hydrogens is 282 g/mol. The molecule has 2 rings (SSSR count). The van der Waals surface area contributed by atoms with Gasteiger partial charge >= 0.3 is 0 Å². The van der Waals surface area contributed by atoms with Crippen LogP contribution in [0.5, 0.6) is 0 Å². The van der Waals surface area contributed by atoms with Crippen LogP contribution in [0.25, 0.3) is 11.4 Å². The van der Waals surface area contributed by atoms with Gasteiger partial charge in [-0.25, -0.2) is 0 Å². The van der Waals surface area contributed by atoms with Gasteiger partial charge in [0.15, 0.2) is 0 Å². The fraction of sp³-hybridized carbons (Fsp3) is 0.333. The average molecular weight is 296 g/mol. The Labute approximate surface area is 108 Å². The average Bonchev–Trinajstić information content (AvgIpc) is 2.64. The van der Waals surface area contributed by atoms with Crippen LogP contribution in [0.1, 0.15) is 19.7 Å². The molecule has 0 aliphatic carbocycles. The lowest BCUT2D eigenvalue weighted by molar-refractivity contribution is 0.348. The Kier molecular flexibility index (Phi) is 3.31. The molecule has 2 aromatic rings. The number of nitrogens with zero attached hydrogens (tertiary/aromatic N) is 2. The Morgan fingerprint density at radius 2 is 1.94 bits per heavy atom. The summed E-state index contributed by atoms with van der Waals surface area (Å²) in [5.41, 5.74) is 6.49. The molecule has 5 heteroatoms. The van der Waals surface area contributed by atoms with Crippen LogP contribution in [0.3, 0.4) is 0 Å². The second-order valence-corrected chi connectivity index (χ2v) is 5.60. The maximum atomic E-state index is 5.90. The van der Waals surface area contributed by atoms with E-state index in [9.17, 15) is 0 Å². The Morgan fingerprint density at radius 3 is 2.53 bits per heavy atom. The molecule has 0 saturated heterocycles. The molecule has 4 nitrogen and oxygen atoms in total. The second-order valence-electron chi connectivity index (χ2n) is 4.68. The van der Waals surface area contributed by atoms with E-state index in [0.717, 1.165) is 10.0 Å². The maximum absolute atomic E-state index is 5.90. The van der Waals surface area contributed by atoms with Gasteiger partial charge in [-0.3, -0.25) is 0 Å². The lowest BCUT2D eigenvalue weighted by Crippen LogP contribution is -2.34. The van der Waals surface area contributed by atoms with E-state index in [1.165, 1.54) is 0 Å². The Morgan fingerprint density at radius 1 is 1.29 bits per heavy atom. The van der Waals surface area contributed by atoms with E-state index >= 15 is 0 Å². The Bertz CT molecular complexity index is 499. The van der Waals surface area contributed by atoms with Gasteiger partial charge in [-0.15, -0.1) is 0 Å². The topological polar surface area (TPSA) is 64.9 Å². The van der Waals surface area contributed by atoms with Crippen molar-refractivity contribution in [1.29, 1.82) is 0 Å². The SMILES string of the molecule is CC(C)(N)Cc1nc(-c2ccc(Br)cc2)no1. The second kappa shape index (κ2) is 4.58. The first kappa shape index (κ1) is 12.3. The van der Waals surface area contributed by atoms with Crippen molar-refractivity contribution < 1.29 is 4.52 Å². The molecule has 0 atom stereocenters. The number of rotatable bonds is 3. The molecule has 2 N–H and O–H groups in total. The predicted octanol–water partition coefficient (Wildman–Crippen LogP) is 2.78. The molecule has 17 heavy (non-hydrogen) atoms. The summed E-state index contributed by atoms with van der Waals surface area (Å²) in [7, 11) is 0. The number of halogens is 1. The number of nitrogens with two attached hydrogens (primary N) is 1. The van der Waals surface area contributed by atoms with Crippen LogP contribution >= 0.6 is 15.9 Å². The van der Waals surface area contributed by atoms with Gasteiger partial charge < -0.3 is 10.3 Å². The van der Waals surface area contributed by atoms with Gasteiger partial charge in [0.1, 0.15) is 0 Å². The Balaban J connectivity index is 2.21. The van der Waals surface area contributed by atoms with Crippen molar-refractivity contribution in [3.63, 3.8) is 0 Å². The van der Waals surface area contributed by atoms with E-state index in [-0.39, 0.29) is 5.54 Å². The molecule has 1 heterocycles. The number of hydrogen-bond acceptors (Lipinski definition) is 4. The summed E-state index contributed by atoms with van der Waals surface area (Å²) in [5, 5.41) is 3.94. The Hall–Kier alpha value is -1.20. The molecule has 90 valence electrons. The van der Waals surface area contributed by atoms with Crippen LogP contribution in [-0.4, -0.2) is 15.7 Å². The van der Waals surface area contributed by atoms with Crippen LogP contribution in [0, 0.1) is 0 Å². The highest BCUT2D eigenvalue weighted by Crippen LogP contribution is 2.19. The van der Waals surface area contributed by atoms with E-state index < -0.39 is 0 Å². The molecule has 0 spiro atoms. The number of hydrogen-bond donors (Lipinski definition) is 1. The van der Waals surface area contributed by atoms with Gasteiger partial charge in [0.25, 0.3) is 0 Å². The molecule has 0 aliphatic heterocycles. The van der Waals surface area contributed by atoms with E-state index in [1.54, 1.807) is 0 Å². The third kappa shape index (κ3) is 3.38. The lowest BCUT2D eigenvalue weighted by Gasteiger charge is -2.14. The molecule has 0 aliphatic rings. The monoisotopic (exact) mass is 295 g/mol. The van der Waals surface area contributed by atoms with Gasteiger partial charge in [-0.2, -0.15) is 4.98 Å². The summed E-state index contributed by atoms with van der Waals surface area (Å²) < 4.78 is 6.19. The summed E-state index contributed by atoms with van der Waals surface area (Å²) in [6.45, 7) is 3.85. The van der Waals surface area contributed by atoms with Crippen molar-refractivity contribution in [2.45, 2.75) is 25.8 Å². The van der Waals surface area contributed by atoms with Crippen molar-refractivity contribution in [2.75, 3.05) is 0 Å². The molecule has 0 amide bonds. The predicted molar refractivity (Wildman–Crippen MR) is 69.4 cm³/mol. The van der Waals surface area contributed by atoms with Crippen LogP contribution in [-0.2, 0) is 6.42 Å². The van der Waals surface area contributed by atoms with Gasteiger partial charge in [-0.1, -0.05) is 21.1 Å². The highest BCUT2D eigenvalue weighted by Gasteiger charge is 2.17. The fourth-order valence-corrected chi connectivity index (χ4v) is 1.70. The minimum absolute atomic E-state index is 0.344. The number of aromatic nitrogens is 2. The van der Waals surface area contributed by atoms with Gasteiger partial charge in [0.2, 0.25) is 11.7 Å². The van der Waals surface area contributed by atoms with Crippen molar-refractivity contribution in [3.05, 3.63) is 34.6 Å². The molecule has 0 radical (unpaired) electrons. The van der Waals surface area contributed by atoms with E-state index in [0.29, 0.717) is 18.1 Å². The highest BCUT2D eigenvalue weighted by molar-refractivity contribution is 9.10. The minimum atomic E-state index is -0.344. The standard InChI is InChI=1S/C12H14BrN3O/c1-12(2,14)7-10-15-11(16-17-10)8-3-5-9(13)6-4-8/h3-6H,7,14H2,1-2H3. The van der Waals surface area contributed by atoms with E-state index in [4.69, 9.17) is 10.3 Å². The number of benzene rings is 1. The zero-order valence-corrected chi connectivity index (χ0v) is 11.4. The van der Waals surface area contributed by atoms with Crippen molar-refractivity contribution in [2.24, 2.45) is 5.73 Å². The summed E-state index contributed by atoms with van der Waals surface area (Å²) in [6.07, 6.45) is 0.566. The molecular formula is C12H14BrN3O. The van der Waals surface area contributed by atoms with Gasteiger partial charge in [-0.05, 0) is 38.1 Å². The van der Waals surface area contributed by atoms with E-state index in [1.807, 2.05) is 38.1 Å². The van der Waals surface area contributed by atoms with Crippen LogP contribution in [0.15, 0.2) is 33.3 Å². The molecule has 0 unspecified atom stereocenters. The largest absolute Gasteiger partial charge is 0.339 e.